The number of rotatable bonds is 10. The third-order valence-electron chi connectivity index (χ3n) is 5.15. The van der Waals surface area contributed by atoms with Crippen molar-refractivity contribution in [1.29, 1.82) is 0 Å². The third kappa shape index (κ3) is 12.1. The van der Waals surface area contributed by atoms with Gasteiger partial charge in [0, 0.05) is 19.4 Å². The Morgan fingerprint density at radius 3 is 2.23 bits per heavy atom. The highest BCUT2D eigenvalue weighted by Gasteiger charge is 2.36. The van der Waals surface area contributed by atoms with Gasteiger partial charge in [0.25, 0.3) is 0 Å². The lowest BCUT2D eigenvalue weighted by molar-refractivity contribution is -0.170. The minimum absolute atomic E-state index is 0.197. The average molecular weight is 372 g/mol. The van der Waals surface area contributed by atoms with Gasteiger partial charge in [0.15, 0.2) is 5.79 Å². The summed E-state index contributed by atoms with van der Waals surface area (Å²) in [4.78, 5) is 0. The number of hydrogen-bond donors (Lipinski definition) is 2. The fourth-order valence-corrected chi connectivity index (χ4v) is 3.65. The zero-order chi connectivity index (χ0) is 19.5. The maximum absolute atomic E-state index is 8.26. The summed E-state index contributed by atoms with van der Waals surface area (Å²) in [6.45, 7) is 6.15. The van der Waals surface area contributed by atoms with Crippen LogP contribution in [0.2, 0.25) is 0 Å². The molecule has 0 unspecified atom stereocenters. The molecule has 1 aliphatic carbocycles. The molecule has 0 aromatic heterocycles. The van der Waals surface area contributed by atoms with E-state index in [0.29, 0.717) is 6.61 Å². The molecule has 0 bridgehead atoms. The minimum Gasteiger partial charge on any atom is -0.396 e. The second-order valence-corrected chi connectivity index (χ2v) is 7.19. The van der Waals surface area contributed by atoms with Crippen molar-refractivity contribution in [3.8, 4) is 0 Å². The Kier molecular flexibility index (Phi) is 17.7. The lowest BCUT2D eigenvalue weighted by atomic mass is 9.95. The van der Waals surface area contributed by atoms with Crippen LogP contribution in [0.25, 0.3) is 0 Å². The first-order chi connectivity index (χ1) is 12.8. The number of ether oxygens (including phenoxy) is 2. The lowest BCUT2D eigenvalue weighted by Crippen LogP contribution is -2.30. The van der Waals surface area contributed by atoms with Gasteiger partial charge in [-0.25, -0.2) is 0 Å². The number of unbranched alkanes of at least 4 members (excludes halogenated alkanes) is 3. The van der Waals surface area contributed by atoms with Crippen molar-refractivity contribution in [2.45, 2.75) is 96.7 Å². The Morgan fingerprint density at radius 1 is 1.04 bits per heavy atom. The van der Waals surface area contributed by atoms with Crippen LogP contribution < -0.4 is 5.73 Å². The zero-order valence-corrected chi connectivity index (χ0v) is 17.7. The molecule has 156 valence electrons. The zero-order valence-electron chi connectivity index (χ0n) is 17.7. The lowest BCUT2D eigenvalue weighted by Gasteiger charge is -2.28. The molecule has 1 heterocycles. The number of nitrogens with two attached hydrogens (primary N) is 1. The average Bonchev–Trinajstić information content (AvgIpc) is 3.36. The van der Waals surface area contributed by atoms with Crippen LogP contribution in [0, 0.1) is 5.92 Å². The molecule has 2 rings (SSSR count). The number of aliphatic hydroxyl groups excluding tert-OH is 1. The molecule has 0 spiro atoms. The van der Waals surface area contributed by atoms with Crippen LogP contribution in [0.3, 0.4) is 0 Å². The molecule has 4 nitrogen and oxygen atoms in total. The first-order valence-corrected chi connectivity index (χ1v) is 10.8. The van der Waals surface area contributed by atoms with Crippen molar-refractivity contribution in [2.75, 3.05) is 26.9 Å². The van der Waals surface area contributed by atoms with Crippen LogP contribution in [-0.2, 0) is 9.47 Å². The SMILES string of the molecule is C/C=C\CCCO.CCCCCC1(CCC2CCCC2)OCCO1.CN. The molecule has 2 fully saturated rings. The Balaban J connectivity index is 0.000000589. The summed E-state index contributed by atoms with van der Waals surface area (Å²) in [5.41, 5.74) is 4.50. The Morgan fingerprint density at radius 2 is 1.69 bits per heavy atom. The molecule has 1 aliphatic heterocycles. The molecule has 0 atom stereocenters. The highest BCUT2D eigenvalue weighted by Crippen LogP contribution is 2.36. The van der Waals surface area contributed by atoms with Crippen LogP contribution in [0.5, 0.6) is 0 Å². The van der Waals surface area contributed by atoms with Gasteiger partial charge in [0.05, 0.1) is 13.2 Å². The Labute approximate surface area is 162 Å². The van der Waals surface area contributed by atoms with Gasteiger partial charge in [-0.3, -0.25) is 0 Å². The number of allylic oxidation sites excluding steroid dienone is 2. The van der Waals surface area contributed by atoms with Crippen molar-refractivity contribution in [3.63, 3.8) is 0 Å². The Hall–Kier alpha value is -0.420. The molecule has 0 aromatic rings. The van der Waals surface area contributed by atoms with E-state index in [-0.39, 0.29) is 5.79 Å². The molecule has 0 radical (unpaired) electrons. The highest BCUT2D eigenvalue weighted by atomic mass is 16.7. The molecule has 2 aliphatic rings. The van der Waals surface area contributed by atoms with Crippen molar-refractivity contribution in [3.05, 3.63) is 12.2 Å². The van der Waals surface area contributed by atoms with Gasteiger partial charge in [-0.1, -0.05) is 57.6 Å². The maximum atomic E-state index is 8.26. The predicted octanol–water partition coefficient (Wildman–Crippen LogP) is 5.19. The summed E-state index contributed by atoms with van der Waals surface area (Å²) >= 11 is 0. The van der Waals surface area contributed by atoms with Crippen molar-refractivity contribution < 1.29 is 14.6 Å². The van der Waals surface area contributed by atoms with Crippen molar-refractivity contribution in [1.82, 2.24) is 0 Å². The van der Waals surface area contributed by atoms with E-state index >= 15 is 0 Å². The van der Waals surface area contributed by atoms with Gasteiger partial charge in [0.2, 0.25) is 0 Å². The van der Waals surface area contributed by atoms with Crippen LogP contribution in [0.1, 0.15) is 90.9 Å². The minimum atomic E-state index is -0.197. The first-order valence-electron chi connectivity index (χ1n) is 10.8. The number of aliphatic hydroxyl groups is 1. The van der Waals surface area contributed by atoms with Gasteiger partial charge < -0.3 is 20.3 Å². The van der Waals surface area contributed by atoms with Gasteiger partial charge in [-0.2, -0.15) is 0 Å². The van der Waals surface area contributed by atoms with Gasteiger partial charge in [-0.05, 0) is 45.6 Å². The summed E-state index contributed by atoms with van der Waals surface area (Å²) in [6.07, 6.45) is 19.1. The van der Waals surface area contributed by atoms with E-state index in [4.69, 9.17) is 14.6 Å². The normalized spacial score (nSPS) is 19.1. The monoisotopic (exact) mass is 371 g/mol. The topological polar surface area (TPSA) is 64.7 Å². The molecule has 1 saturated heterocycles. The molecule has 3 N–H and O–H groups in total. The number of hydrogen-bond acceptors (Lipinski definition) is 4. The fraction of sp³-hybridized carbons (Fsp3) is 0.909. The first kappa shape index (κ1) is 25.6. The van der Waals surface area contributed by atoms with Crippen molar-refractivity contribution in [2.24, 2.45) is 11.7 Å². The summed E-state index contributed by atoms with van der Waals surface area (Å²) in [5.74, 6) is 0.753. The summed E-state index contributed by atoms with van der Waals surface area (Å²) in [7, 11) is 1.50. The van der Waals surface area contributed by atoms with E-state index in [1.807, 2.05) is 13.0 Å². The third-order valence-corrected chi connectivity index (χ3v) is 5.15. The smallest absolute Gasteiger partial charge is 0.168 e. The molecule has 0 aromatic carbocycles. The summed E-state index contributed by atoms with van der Waals surface area (Å²) in [6, 6.07) is 0. The highest BCUT2D eigenvalue weighted by molar-refractivity contribution is 4.78. The van der Waals surface area contributed by atoms with Crippen LogP contribution >= 0.6 is 0 Å². The van der Waals surface area contributed by atoms with Crippen LogP contribution in [0.15, 0.2) is 12.2 Å². The van der Waals surface area contributed by atoms with E-state index in [9.17, 15) is 0 Å². The molecular formula is C22H45NO3. The van der Waals surface area contributed by atoms with Crippen molar-refractivity contribution >= 4 is 0 Å². The van der Waals surface area contributed by atoms with E-state index in [2.05, 4.69) is 18.7 Å². The van der Waals surface area contributed by atoms with E-state index < -0.39 is 0 Å². The fourth-order valence-electron chi connectivity index (χ4n) is 3.65. The quantitative estimate of drug-likeness (QED) is 0.410. The molecule has 0 amide bonds. The second kappa shape index (κ2) is 18.0. The van der Waals surface area contributed by atoms with Crippen LogP contribution in [-0.4, -0.2) is 37.8 Å². The van der Waals surface area contributed by atoms with E-state index in [1.165, 1.54) is 58.4 Å². The van der Waals surface area contributed by atoms with Gasteiger partial charge in [-0.15, -0.1) is 0 Å². The van der Waals surface area contributed by atoms with E-state index in [0.717, 1.165) is 44.8 Å². The predicted molar refractivity (Wildman–Crippen MR) is 111 cm³/mol. The van der Waals surface area contributed by atoms with Gasteiger partial charge in [0.1, 0.15) is 0 Å². The summed E-state index contributed by atoms with van der Waals surface area (Å²) in [5, 5.41) is 8.26. The maximum Gasteiger partial charge on any atom is 0.168 e. The van der Waals surface area contributed by atoms with E-state index in [1.54, 1.807) is 0 Å². The van der Waals surface area contributed by atoms with Gasteiger partial charge >= 0.3 is 0 Å². The molecule has 4 heteroatoms. The standard InChI is InChI=1S/C15H28O2.C6H12O.CH5N/c1-2-3-6-10-15(16-12-13-17-15)11-9-14-7-4-5-8-14;1-2-3-4-5-6-7;1-2/h14H,2-13H2,1H3;2-3,7H,4-6H2,1H3;2H2,1H3/b;3-2-;. The molecular weight excluding hydrogens is 326 g/mol. The molecule has 1 saturated carbocycles. The Bertz CT molecular complexity index is 309. The van der Waals surface area contributed by atoms with Crippen LogP contribution in [0.4, 0.5) is 0 Å². The summed E-state index contributed by atoms with van der Waals surface area (Å²) < 4.78 is 11.8. The molecule has 26 heavy (non-hydrogen) atoms. The second-order valence-electron chi connectivity index (χ2n) is 7.19. The largest absolute Gasteiger partial charge is 0.396 e.